The molecule has 146 valence electrons. The van der Waals surface area contributed by atoms with E-state index in [1.165, 1.54) is 0 Å². The first-order valence-corrected chi connectivity index (χ1v) is 8.86. The number of hydrogen-bond donors (Lipinski definition) is 2. The van der Waals surface area contributed by atoms with Crippen LogP contribution in [0.15, 0.2) is 29.1 Å². The highest BCUT2D eigenvalue weighted by Crippen LogP contribution is 2.32. The van der Waals surface area contributed by atoms with E-state index in [9.17, 15) is 18.0 Å². The van der Waals surface area contributed by atoms with E-state index in [0.29, 0.717) is 42.7 Å². The molecule has 0 amide bonds. The van der Waals surface area contributed by atoms with Crippen molar-refractivity contribution in [3.8, 4) is 0 Å². The number of aromatic nitrogens is 3. The Balaban J connectivity index is 1.60. The minimum absolute atomic E-state index is 0.0774. The minimum atomic E-state index is -1.22. The third kappa shape index (κ3) is 3.22. The summed E-state index contributed by atoms with van der Waals surface area (Å²) < 4.78 is 40.9. The molecule has 1 unspecified atom stereocenters. The Morgan fingerprint density at radius 1 is 1.14 bits per heavy atom. The van der Waals surface area contributed by atoms with Gasteiger partial charge < -0.3 is 15.6 Å². The van der Waals surface area contributed by atoms with Gasteiger partial charge in [0.25, 0.3) is 5.56 Å². The molecule has 0 aliphatic carbocycles. The molecule has 9 heteroatoms. The lowest BCUT2D eigenvalue weighted by molar-refractivity contribution is 0.416. The maximum Gasteiger partial charge on any atom is 0.277 e. The van der Waals surface area contributed by atoms with Crippen LogP contribution in [-0.4, -0.2) is 34.1 Å². The summed E-state index contributed by atoms with van der Waals surface area (Å²) in [6.45, 7) is 2.50. The van der Waals surface area contributed by atoms with Crippen molar-refractivity contribution in [2.45, 2.75) is 25.3 Å². The van der Waals surface area contributed by atoms with Gasteiger partial charge in [-0.15, -0.1) is 0 Å². The highest BCUT2D eigenvalue weighted by Gasteiger charge is 2.31. The van der Waals surface area contributed by atoms with Crippen LogP contribution in [0.1, 0.15) is 23.7 Å². The van der Waals surface area contributed by atoms with E-state index < -0.39 is 29.4 Å². The predicted molar refractivity (Wildman–Crippen MR) is 98.8 cm³/mol. The Morgan fingerprint density at radius 3 is 2.64 bits per heavy atom. The van der Waals surface area contributed by atoms with Crippen LogP contribution in [0.2, 0.25) is 0 Å². The fourth-order valence-electron chi connectivity index (χ4n) is 3.71. The third-order valence-corrected chi connectivity index (χ3v) is 5.08. The summed E-state index contributed by atoms with van der Waals surface area (Å²) in [7, 11) is 0. The van der Waals surface area contributed by atoms with E-state index in [0.717, 1.165) is 6.07 Å². The maximum absolute atomic E-state index is 14.1. The van der Waals surface area contributed by atoms with Gasteiger partial charge in [0.05, 0.1) is 5.52 Å². The van der Waals surface area contributed by atoms with E-state index >= 15 is 0 Å². The molecule has 1 aliphatic heterocycles. The number of halogens is 3. The molecule has 1 aromatic carbocycles. The SMILES string of the molecule is Cc1nc2ccc(N3CC[C@H](c4cc(F)c(F)cc4F)C(N)C3)nc2c(=O)[nH]1. The predicted octanol–water partition coefficient (Wildman–Crippen LogP) is 2.37. The summed E-state index contributed by atoms with van der Waals surface area (Å²) in [5.41, 5.74) is 6.70. The quantitative estimate of drug-likeness (QED) is 0.657. The summed E-state index contributed by atoms with van der Waals surface area (Å²) in [6, 6.07) is 4.38. The molecule has 3 heterocycles. The lowest BCUT2D eigenvalue weighted by atomic mass is 9.85. The average molecular weight is 389 g/mol. The second kappa shape index (κ2) is 6.90. The number of hydrogen-bond acceptors (Lipinski definition) is 5. The van der Waals surface area contributed by atoms with Crippen molar-refractivity contribution in [2.24, 2.45) is 5.73 Å². The first kappa shape index (κ1) is 18.4. The van der Waals surface area contributed by atoms with Crippen LogP contribution >= 0.6 is 0 Å². The number of aromatic amines is 1. The van der Waals surface area contributed by atoms with Crippen molar-refractivity contribution >= 4 is 16.9 Å². The minimum Gasteiger partial charge on any atom is -0.355 e. The normalized spacial score (nSPS) is 20.0. The van der Waals surface area contributed by atoms with E-state index in [4.69, 9.17) is 5.73 Å². The number of nitrogens with two attached hydrogens (primary N) is 1. The highest BCUT2D eigenvalue weighted by atomic mass is 19.2. The van der Waals surface area contributed by atoms with Crippen LogP contribution in [0, 0.1) is 24.4 Å². The number of fused-ring (bicyclic) bond motifs is 1. The number of anilines is 1. The molecule has 4 rings (SSSR count). The van der Waals surface area contributed by atoms with Gasteiger partial charge in [-0.1, -0.05) is 0 Å². The highest BCUT2D eigenvalue weighted by molar-refractivity contribution is 5.75. The number of rotatable bonds is 2. The third-order valence-electron chi connectivity index (χ3n) is 5.08. The van der Waals surface area contributed by atoms with Crippen molar-refractivity contribution < 1.29 is 13.2 Å². The molecule has 1 fully saturated rings. The van der Waals surface area contributed by atoms with Gasteiger partial charge in [0, 0.05) is 31.1 Å². The molecule has 1 aliphatic rings. The summed E-state index contributed by atoms with van der Waals surface area (Å²) in [5.74, 6) is -2.50. The first-order chi connectivity index (χ1) is 13.3. The van der Waals surface area contributed by atoms with Crippen molar-refractivity contribution in [1.29, 1.82) is 0 Å². The van der Waals surface area contributed by atoms with Crippen LogP contribution in [0.3, 0.4) is 0 Å². The van der Waals surface area contributed by atoms with Crippen molar-refractivity contribution in [3.63, 3.8) is 0 Å². The summed E-state index contributed by atoms with van der Waals surface area (Å²) in [5, 5.41) is 0. The molecule has 2 atom stereocenters. The molecular weight excluding hydrogens is 371 g/mol. The molecule has 6 nitrogen and oxygen atoms in total. The number of aryl methyl sites for hydroxylation is 1. The lowest BCUT2D eigenvalue weighted by Gasteiger charge is -2.37. The standard InChI is InChI=1S/C19H18F3N5O/c1-9-24-16-2-3-17(26-18(16)19(28)25-9)27-5-4-10(15(23)8-27)11-6-13(21)14(22)7-12(11)20/h2-3,6-7,10,15H,4-5,8,23H2,1H3,(H,24,25,28)/t10-,15?/m1/s1. The van der Waals surface area contributed by atoms with Gasteiger partial charge in [0.2, 0.25) is 0 Å². The van der Waals surface area contributed by atoms with Crippen LogP contribution in [-0.2, 0) is 0 Å². The topological polar surface area (TPSA) is 87.9 Å². The van der Waals surface area contributed by atoms with Crippen molar-refractivity contribution in [2.75, 3.05) is 18.0 Å². The zero-order valence-corrected chi connectivity index (χ0v) is 15.0. The first-order valence-electron chi connectivity index (χ1n) is 8.86. The molecular formula is C19H18F3N5O. The van der Waals surface area contributed by atoms with Crippen LogP contribution < -0.4 is 16.2 Å². The summed E-state index contributed by atoms with van der Waals surface area (Å²) >= 11 is 0. The summed E-state index contributed by atoms with van der Waals surface area (Å²) in [6.07, 6.45) is 0.436. The van der Waals surface area contributed by atoms with E-state index in [2.05, 4.69) is 15.0 Å². The molecule has 0 bridgehead atoms. The van der Waals surface area contributed by atoms with Gasteiger partial charge in [0.1, 0.15) is 17.5 Å². The van der Waals surface area contributed by atoms with Crippen LogP contribution in [0.4, 0.5) is 19.0 Å². The van der Waals surface area contributed by atoms with Gasteiger partial charge in [0.15, 0.2) is 17.2 Å². The van der Waals surface area contributed by atoms with Crippen molar-refractivity contribution in [1.82, 2.24) is 15.0 Å². The Hall–Kier alpha value is -2.94. The number of pyridine rings is 1. The van der Waals surface area contributed by atoms with E-state index in [1.54, 1.807) is 19.1 Å². The molecule has 2 aromatic heterocycles. The lowest BCUT2D eigenvalue weighted by Crippen LogP contribution is -2.48. The van der Waals surface area contributed by atoms with Gasteiger partial charge in [-0.05, 0) is 37.1 Å². The molecule has 3 aromatic rings. The van der Waals surface area contributed by atoms with Gasteiger partial charge in [-0.2, -0.15) is 0 Å². The fraction of sp³-hybridized carbons (Fsp3) is 0.316. The second-order valence-electron chi connectivity index (χ2n) is 6.98. The van der Waals surface area contributed by atoms with Gasteiger partial charge in [-0.25, -0.2) is 23.1 Å². The Labute approximate surface area is 158 Å². The van der Waals surface area contributed by atoms with Crippen LogP contribution in [0.5, 0.6) is 0 Å². The number of piperidine rings is 1. The number of nitrogens with zero attached hydrogens (tertiary/aromatic N) is 3. The summed E-state index contributed by atoms with van der Waals surface area (Å²) in [4.78, 5) is 25.3. The average Bonchev–Trinajstić information content (AvgIpc) is 2.64. The Morgan fingerprint density at radius 2 is 1.89 bits per heavy atom. The molecule has 3 N–H and O–H groups in total. The zero-order valence-electron chi connectivity index (χ0n) is 15.0. The molecule has 28 heavy (non-hydrogen) atoms. The number of benzene rings is 1. The maximum atomic E-state index is 14.1. The van der Waals surface area contributed by atoms with E-state index in [1.807, 2.05) is 4.90 Å². The van der Waals surface area contributed by atoms with Gasteiger partial charge >= 0.3 is 0 Å². The fourth-order valence-corrected chi connectivity index (χ4v) is 3.71. The van der Waals surface area contributed by atoms with Gasteiger partial charge in [-0.3, -0.25) is 4.79 Å². The monoisotopic (exact) mass is 389 g/mol. The molecule has 1 saturated heterocycles. The molecule has 0 saturated carbocycles. The number of nitrogens with one attached hydrogen (secondary N) is 1. The largest absolute Gasteiger partial charge is 0.355 e. The van der Waals surface area contributed by atoms with E-state index in [-0.39, 0.29) is 16.6 Å². The Kier molecular flexibility index (Phi) is 4.54. The van der Waals surface area contributed by atoms with Crippen molar-refractivity contribution in [3.05, 3.63) is 63.5 Å². The zero-order chi connectivity index (χ0) is 20.0. The molecule has 0 spiro atoms. The van der Waals surface area contributed by atoms with Crippen LogP contribution in [0.25, 0.3) is 11.0 Å². The Bertz CT molecular complexity index is 1120. The smallest absolute Gasteiger partial charge is 0.277 e. The second-order valence-corrected chi connectivity index (χ2v) is 6.98. The number of H-pyrrole nitrogens is 1. The molecule has 0 radical (unpaired) electrons.